The SMILES string of the molecule is CCN(CCC(=O)N(CC)C1CCS(=O)(=O)C1)c1ccccc1. The smallest absolute Gasteiger partial charge is 0.224 e. The Balaban J connectivity index is 1.94. The molecule has 1 aromatic rings. The van der Waals surface area contributed by atoms with Crippen molar-refractivity contribution in [2.45, 2.75) is 32.7 Å². The van der Waals surface area contributed by atoms with Crippen LogP contribution in [0.1, 0.15) is 26.7 Å². The summed E-state index contributed by atoms with van der Waals surface area (Å²) >= 11 is 0. The molecule has 1 aromatic carbocycles. The molecule has 5 nitrogen and oxygen atoms in total. The molecular weight excluding hydrogens is 312 g/mol. The van der Waals surface area contributed by atoms with E-state index in [4.69, 9.17) is 0 Å². The maximum absolute atomic E-state index is 12.5. The Morgan fingerprint density at radius 3 is 2.39 bits per heavy atom. The molecule has 1 saturated heterocycles. The number of hydrogen-bond acceptors (Lipinski definition) is 4. The van der Waals surface area contributed by atoms with E-state index in [2.05, 4.69) is 11.8 Å². The Morgan fingerprint density at radius 1 is 1.17 bits per heavy atom. The minimum atomic E-state index is -2.97. The predicted molar refractivity (Wildman–Crippen MR) is 93.4 cm³/mol. The normalized spacial score (nSPS) is 19.5. The fourth-order valence-electron chi connectivity index (χ4n) is 3.14. The summed E-state index contributed by atoms with van der Waals surface area (Å²) < 4.78 is 23.3. The fourth-order valence-corrected chi connectivity index (χ4v) is 4.87. The molecular formula is C17H26N2O3S. The summed E-state index contributed by atoms with van der Waals surface area (Å²) in [6.07, 6.45) is 0.977. The Kier molecular flexibility index (Phi) is 6.04. The van der Waals surface area contributed by atoms with Crippen LogP contribution in [0.5, 0.6) is 0 Å². The van der Waals surface area contributed by atoms with Crippen LogP contribution in [0, 0.1) is 0 Å². The second-order valence-electron chi connectivity index (χ2n) is 5.90. The first-order valence-corrected chi connectivity index (χ1v) is 10.1. The summed E-state index contributed by atoms with van der Waals surface area (Å²) in [4.78, 5) is 16.4. The zero-order valence-electron chi connectivity index (χ0n) is 13.9. The van der Waals surface area contributed by atoms with Crippen molar-refractivity contribution < 1.29 is 13.2 Å². The van der Waals surface area contributed by atoms with Crippen LogP contribution in [0.3, 0.4) is 0 Å². The Bertz CT molecular complexity index is 616. The molecule has 1 amide bonds. The molecule has 6 heteroatoms. The minimum absolute atomic E-state index is 0.0454. The summed E-state index contributed by atoms with van der Waals surface area (Å²) in [6, 6.07) is 9.87. The average Bonchev–Trinajstić information content (AvgIpc) is 2.89. The van der Waals surface area contributed by atoms with Gasteiger partial charge in [-0.2, -0.15) is 0 Å². The van der Waals surface area contributed by atoms with Crippen LogP contribution in [0.4, 0.5) is 5.69 Å². The molecule has 23 heavy (non-hydrogen) atoms. The van der Waals surface area contributed by atoms with Crippen molar-refractivity contribution in [1.82, 2.24) is 4.90 Å². The van der Waals surface area contributed by atoms with E-state index in [1.165, 1.54) is 0 Å². The lowest BCUT2D eigenvalue weighted by Gasteiger charge is -2.29. The minimum Gasteiger partial charge on any atom is -0.371 e. The third-order valence-electron chi connectivity index (χ3n) is 4.41. The largest absolute Gasteiger partial charge is 0.371 e. The quantitative estimate of drug-likeness (QED) is 0.762. The van der Waals surface area contributed by atoms with Gasteiger partial charge in [0, 0.05) is 37.8 Å². The molecule has 0 bridgehead atoms. The number of carbonyl (C=O) groups excluding carboxylic acids is 1. The van der Waals surface area contributed by atoms with Crippen LogP contribution in [0.2, 0.25) is 0 Å². The first kappa shape index (κ1) is 17.8. The highest BCUT2D eigenvalue weighted by atomic mass is 32.2. The number of amides is 1. The van der Waals surface area contributed by atoms with Crippen molar-refractivity contribution in [1.29, 1.82) is 0 Å². The summed E-state index contributed by atoms with van der Waals surface area (Å²) in [6.45, 7) is 6.03. The van der Waals surface area contributed by atoms with E-state index in [0.29, 0.717) is 25.9 Å². The van der Waals surface area contributed by atoms with Gasteiger partial charge in [0.2, 0.25) is 5.91 Å². The first-order valence-electron chi connectivity index (χ1n) is 8.26. The van der Waals surface area contributed by atoms with Crippen molar-refractivity contribution in [3.63, 3.8) is 0 Å². The second kappa shape index (κ2) is 7.81. The molecule has 1 aliphatic heterocycles. The number of hydrogen-bond donors (Lipinski definition) is 0. The zero-order valence-corrected chi connectivity index (χ0v) is 14.8. The zero-order chi connectivity index (χ0) is 16.9. The van der Waals surface area contributed by atoms with Crippen molar-refractivity contribution in [3.8, 4) is 0 Å². The van der Waals surface area contributed by atoms with Crippen LogP contribution < -0.4 is 4.90 Å². The van der Waals surface area contributed by atoms with Crippen molar-refractivity contribution in [2.24, 2.45) is 0 Å². The molecule has 0 aromatic heterocycles. The lowest BCUT2D eigenvalue weighted by Crippen LogP contribution is -2.42. The van der Waals surface area contributed by atoms with Crippen LogP contribution in [0.15, 0.2) is 30.3 Å². The third kappa shape index (κ3) is 4.70. The molecule has 2 rings (SSSR count). The van der Waals surface area contributed by atoms with Gasteiger partial charge in [-0.3, -0.25) is 4.79 Å². The van der Waals surface area contributed by atoms with Gasteiger partial charge in [0.05, 0.1) is 11.5 Å². The van der Waals surface area contributed by atoms with Gasteiger partial charge in [-0.05, 0) is 32.4 Å². The molecule has 1 aliphatic rings. The number of para-hydroxylation sites is 1. The standard InChI is InChI=1S/C17H26N2O3S/c1-3-18(15-8-6-5-7-9-15)12-10-17(20)19(4-2)16-11-13-23(21,22)14-16/h5-9,16H,3-4,10-14H2,1-2H3. The predicted octanol–water partition coefficient (Wildman–Crippen LogP) is 1.94. The second-order valence-corrected chi connectivity index (χ2v) is 8.13. The lowest BCUT2D eigenvalue weighted by atomic mass is 10.2. The van der Waals surface area contributed by atoms with E-state index in [1.54, 1.807) is 4.90 Å². The van der Waals surface area contributed by atoms with E-state index in [1.807, 2.05) is 37.3 Å². The maximum atomic E-state index is 12.5. The molecule has 1 unspecified atom stereocenters. The molecule has 1 atom stereocenters. The van der Waals surface area contributed by atoms with Gasteiger partial charge in [0.25, 0.3) is 0 Å². The Labute approximate surface area is 139 Å². The number of carbonyl (C=O) groups is 1. The number of nitrogens with zero attached hydrogens (tertiary/aromatic N) is 2. The van der Waals surface area contributed by atoms with Crippen molar-refractivity contribution in [3.05, 3.63) is 30.3 Å². The van der Waals surface area contributed by atoms with Gasteiger partial charge in [0.1, 0.15) is 0 Å². The van der Waals surface area contributed by atoms with Gasteiger partial charge < -0.3 is 9.80 Å². The van der Waals surface area contributed by atoms with Crippen molar-refractivity contribution in [2.75, 3.05) is 36.0 Å². The topological polar surface area (TPSA) is 57.7 Å². The van der Waals surface area contributed by atoms with Crippen LogP contribution in [-0.2, 0) is 14.6 Å². The van der Waals surface area contributed by atoms with Crippen LogP contribution >= 0.6 is 0 Å². The van der Waals surface area contributed by atoms with E-state index < -0.39 is 9.84 Å². The molecule has 0 N–H and O–H groups in total. The number of sulfone groups is 1. The molecule has 0 aliphatic carbocycles. The first-order chi connectivity index (χ1) is 11.0. The highest BCUT2D eigenvalue weighted by molar-refractivity contribution is 7.91. The third-order valence-corrected chi connectivity index (χ3v) is 6.16. The fraction of sp³-hybridized carbons (Fsp3) is 0.588. The van der Waals surface area contributed by atoms with E-state index in [0.717, 1.165) is 12.2 Å². The Morgan fingerprint density at radius 2 is 1.87 bits per heavy atom. The van der Waals surface area contributed by atoms with Gasteiger partial charge >= 0.3 is 0 Å². The lowest BCUT2D eigenvalue weighted by molar-refractivity contribution is -0.132. The highest BCUT2D eigenvalue weighted by Crippen LogP contribution is 2.19. The molecule has 0 spiro atoms. The monoisotopic (exact) mass is 338 g/mol. The molecule has 1 heterocycles. The van der Waals surface area contributed by atoms with E-state index >= 15 is 0 Å². The summed E-state index contributed by atoms with van der Waals surface area (Å²) in [5.74, 6) is 0.360. The molecule has 0 saturated carbocycles. The van der Waals surface area contributed by atoms with Gasteiger partial charge in [-0.1, -0.05) is 18.2 Å². The molecule has 1 fully saturated rings. The van der Waals surface area contributed by atoms with E-state index in [9.17, 15) is 13.2 Å². The number of anilines is 1. The van der Waals surface area contributed by atoms with Crippen LogP contribution in [-0.4, -0.2) is 56.4 Å². The summed E-state index contributed by atoms with van der Waals surface area (Å²) in [5.41, 5.74) is 1.11. The van der Waals surface area contributed by atoms with Gasteiger partial charge in [-0.25, -0.2) is 8.42 Å². The number of benzene rings is 1. The van der Waals surface area contributed by atoms with Crippen molar-refractivity contribution >= 4 is 21.4 Å². The highest BCUT2D eigenvalue weighted by Gasteiger charge is 2.33. The Hall–Kier alpha value is -1.56. The van der Waals surface area contributed by atoms with Gasteiger partial charge in [0.15, 0.2) is 9.84 Å². The number of rotatable bonds is 7. The summed E-state index contributed by atoms with van der Waals surface area (Å²) in [5, 5.41) is 0. The molecule has 128 valence electrons. The van der Waals surface area contributed by atoms with E-state index in [-0.39, 0.29) is 23.5 Å². The molecule has 0 radical (unpaired) electrons. The maximum Gasteiger partial charge on any atom is 0.224 e. The van der Waals surface area contributed by atoms with Crippen LogP contribution in [0.25, 0.3) is 0 Å². The average molecular weight is 338 g/mol. The van der Waals surface area contributed by atoms with Gasteiger partial charge in [-0.15, -0.1) is 0 Å². The summed E-state index contributed by atoms with van der Waals surface area (Å²) in [7, 11) is -2.97.